The van der Waals surface area contributed by atoms with Gasteiger partial charge < -0.3 is 14.2 Å². The summed E-state index contributed by atoms with van der Waals surface area (Å²) in [6.07, 6.45) is 2.38. The van der Waals surface area contributed by atoms with E-state index in [1.54, 1.807) is 7.11 Å². The molecule has 15 heavy (non-hydrogen) atoms. The average molecular weight is 216 g/mol. The minimum atomic E-state index is 0.102. The molecule has 0 aromatic rings. The highest BCUT2D eigenvalue weighted by atomic mass is 16.5. The van der Waals surface area contributed by atoms with E-state index in [4.69, 9.17) is 14.2 Å². The van der Waals surface area contributed by atoms with Crippen molar-refractivity contribution < 1.29 is 19.0 Å². The molecule has 1 aliphatic rings. The van der Waals surface area contributed by atoms with Gasteiger partial charge in [0.2, 0.25) is 0 Å². The molecule has 1 rings (SSSR count). The largest absolute Gasteiger partial charge is 0.382 e. The molecule has 0 N–H and O–H groups in total. The van der Waals surface area contributed by atoms with E-state index in [0.717, 1.165) is 12.8 Å². The number of carbonyl (C=O) groups excluding carboxylic acids is 1. The third-order valence-corrected chi connectivity index (χ3v) is 2.54. The van der Waals surface area contributed by atoms with Crippen LogP contribution in [0.3, 0.4) is 0 Å². The van der Waals surface area contributed by atoms with E-state index in [0.29, 0.717) is 45.2 Å². The van der Waals surface area contributed by atoms with E-state index in [1.807, 2.05) is 0 Å². The number of carbonyl (C=O) groups is 1. The molecule has 4 heteroatoms. The maximum absolute atomic E-state index is 11.4. The monoisotopic (exact) mass is 216 g/mol. The van der Waals surface area contributed by atoms with Crippen LogP contribution >= 0.6 is 0 Å². The van der Waals surface area contributed by atoms with Crippen LogP contribution in [0.15, 0.2) is 0 Å². The molecule has 0 saturated carbocycles. The van der Waals surface area contributed by atoms with Gasteiger partial charge in [0, 0.05) is 26.1 Å². The fourth-order valence-corrected chi connectivity index (χ4v) is 1.62. The van der Waals surface area contributed by atoms with Gasteiger partial charge >= 0.3 is 0 Å². The Morgan fingerprint density at radius 3 is 3.00 bits per heavy atom. The molecule has 0 aliphatic carbocycles. The summed E-state index contributed by atoms with van der Waals surface area (Å²) in [4.78, 5) is 11.4. The van der Waals surface area contributed by atoms with Gasteiger partial charge in [-0.05, 0) is 12.8 Å². The Bertz CT molecular complexity index is 181. The summed E-state index contributed by atoms with van der Waals surface area (Å²) >= 11 is 0. The average Bonchev–Trinajstić information content (AvgIpc) is 2.25. The van der Waals surface area contributed by atoms with Gasteiger partial charge in [-0.15, -0.1) is 0 Å². The summed E-state index contributed by atoms with van der Waals surface area (Å²) in [5, 5.41) is 0. The van der Waals surface area contributed by atoms with Gasteiger partial charge in [-0.2, -0.15) is 0 Å². The van der Waals surface area contributed by atoms with Crippen LogP contribution in [0.25, 0.3) is 0 Å². The zero-order chi connectivity index (χ0) is 10.9. The van der Waals surface area contributed by atoms with Crippen molar-refractivity contribution in [3.63, 3.8) is 0 Å². The summed E-state index contributed by atoms with van der Waals surface area (Å²) < 4.78 is 15.4. The minimum Gasteiger partial charge on any atom is -0.382 e. The van der Waals surface area contributed by atoms with E-state index in [9.17, 15) is 4.79 Å². The molecule has 0 bridgehead atoms. The van der Waals surface area contributed by atoms with Gasteiger partial charge in [0.15, 0.2) is 0 Å². The van der Waals surface area contributed by atoms with Crippen LogP contribution in [0.5, 0.6) is 0 Å². The topological polar surface area (TPSA) is 44.8 Å². The van der Waals surface area contributed by atoms with Crippen molar-refractivity contribution in [1.29, 1.82) is 0 Å². The van der Waals surface area contributed by atoms with Crippen molar-refractivity contribution in [2.24, 2.45) is 5.92 Å². The first-order valence-electron chi connectivity index (χ1n) is 5.51. The van der Waals surface area contributed by atoms with Crippen molar-refractivity contribution in [2.75, 3.05) is 40.1 Å². The highest BCUT2D eigenvalue weighted by molar-refractivity contribution is 5.81. The molecule has 0 aromatic carbocycles. The summed E-state index contributed by atoms with van der Waals surface area (Å²) in [5.41, 5.74) is 0. The quantitative estimate of drug-likeness (QED) is 0.596. The lowest BCUT2D eigenvalue weighted by atomic mass is 9.96. The normalized spacial score (nSPS) is 21.9. The molecule has 1 saturated heterocycles. The van der Waals surface area contributed by atoms with Gasteiger partial charge in [0.25, 0.3) is 0 Å². The molecule has 0 radical (unpaired) electrons. The van der Waals surface area contributed by atoms with Crippen LogP contribution in [0.2, 0.25) is 0 Å². The molecule has 1 aliphatic heterocycles. The lowest BCUT2D eigenvalue weighted by Crippen LogP contribution is -2.27. The maximum Gasteiger partial charge on any atom is 0.140 e. The molecule has 88 valence electrons. The Hall–Kier alpha value is -0.450. The number of hydrogen-bond acceptors (Lipinski definition) is 4. The predicted octanol–water partition coefficient (Wildman–Crippen LogP) is 1.04. The molecular weight excluding hydrogens is 196 g/mol. The third kappa shape index (κ3) is 5.25. The van der Waals surface area contributed by atoms with Gasteiger partial charge in [-0.3, -0.25) is 4.79 Å². The summed E-state index contributed by atoms with van der Waals surface area (Å²) in [6, 6.07) is 0. The van der Waals surface area contributed by atoms with E-state index in [-0.39, 0.29) is 5.92 Å². The van der Waals surface area contributed by atoms with Crippen LogP contribution in [0.4, 0.5) is 0 Å². The van der Waals surface area contributed by atoms with Crippen molar-refractivity contribution in [1.82, 2.24) is 0 Å². The summed E-state index contributed by atoms with van der Waals surface area (Å²) in [7, 11) is 1.65. The lowest BCUT2D eigenvalue weighted by molar-refractivity contribution is -0.130. The number of rotatable bonds is 7. The number of ketones is 1. The van der Waals surface area contributed by atoms with E-state index in [1.165, 1.54) is 0 Å². The molecule has 1 fully saturated rings. The van der Waals surface area contributed by atoms with Crippen molar-refractivity contribution >= 4 is 5.78 Å². The van der Waals surface area contributed by atoms with E-state index in [2.05, 4.69) is 0 Å². The molecule has 4 nitrogen and oxygen atoms in total. The Labute approximate surface area is 90.9 Å². The van der Waals surface area contributed by atoms with Gasteiger partial charge in [0.05, 0.1) is 26.4 Å². The van der Waals surface area contributed by atoms with Crippen LogP contribution in [-0.2, 0) is 19.0 Å². The van der Waals surface area contributed by atoms with Crippen LogP contribution in [0, 0.1) is 5.92 Å². The number of ether oxygens (including phenoxy) is 3. The van der Waals surface area contributed by atoms with Crippen LogP contribution < -0.4 is 0 Å². The standard InChI is InChI=1S/C11H20O4/c1-13-7-8-14-5-2-3-10-9-15-6-4-11(10)12/h10H,2-9H2,1H3. The second-order valence-electron chi connectivity index (χ2n) is 3.74. The maximum atomic E-state index is 11.4. The highest BCUT2D eigenvalue weighted by Crippen LogP contribution is 2.15. The molecule has 1 atom stereocenters. The Kier molecular flexibility index (Phi) is 6.55. The van der Waals surface area contributed by atoms with Crippen molar-refractivity contribution in [3.8, 4) is 0 Å². The Morgan fingerprint density at radius 1 is 1.40 bits per heavy atom. The Morgan fingerprint density at radius 2 is 2.27 bits per heavy atom. The SMILES string of the molecule is COCCOCCCC1COCCC1=O. The van der Waals surface area contributed by atoms with Gasteiger partial charge in [-0.25, -0.2) is 0 Å². The van der Waals surface area contributed by atoms with E-state index >= 15 is 0 Å². The summed E-state index contributed by atoms with van der Waals surface area (Å²) in [6.45, 7) is 3.15. The number of methoxy groups -OCH3 is 1. The van der Waals surface area contributed by atoms with Gasteiger partial charge in [0.1, 0.15) is 5.78 Å². The van der Waals surface area contributed by atoms with Crippen LogP contribution in [0.1, 0.15) is 19.3 Å². The first kappa shape index (κ1) is 12.6. The van der Waals surface area contributed by atoms with E-state index < -0.39 is 0 Å². The summed E-state index contributed by atoms with van der Waals surface area (Å²) in [5.74, 6) is 0.447. The molecule has 1 heterocycles. The first-order valence-corrected chi connectivity index (χ1v) is 5.51. The third-order valence-electron chi connectivity index (χ3n) is 2.54. The lowest BCUT2D eigenvalue weighted by Gasteiger charge is -2.20. The molecule has 1 unspecified atom stereocenters. The zero-order valence-corrected chi connectivity index (χ0v) is 9.37. The second-order valence-corrected chi connectivity index (χ2v) is 3.74. The Balaban J connectivity index is 1.96. The van der Waals surface area contributed by atoms with Crippen LogP contribution in [-0.4, -0.2) is 45.9 Å². The van der Waals surface area contributed by atoms with Crippen molar-refractivity contribution in [3.05, 3.63) is 0 Å². The van der Waals surface area contributed by atoms with Crippen molar-refractivity contribution in [2.45, 2.75) is 19.3 Å². The predicted molar refractivity (Wildman–Crippen MR) is 55.9 cm³/mol. The first-order chi connectivity index (χ1) is 7.34. The fraction of sp³-hybridized carbons (Fsp3) is 0.909. The molecule has 0 amide bonds. The highest BCUT2D eigenvalue weighted by Gasteiger charge is 2.21. The molecular formula is C11H20O4. The molecule has 0 spiro atoms. The number of Topliss-reactive ketones (excluding diaryl/α,β-unsaturated/α-hetero) is 1. The zero-order valence-electron chi connectivity index (χ0n) is 9.37. The molecule has 0 aromatic heterocycles. The van der Waals surface area contributed by atoms with Gasteiger partial charge in [-0.1, -0.05) is 0 Å². The second kappa shape index (κ2) is 7.79. The minimum absolute atomic E-state index is 0.102. The smallest absolute Gasteiger partial charge is 0.140 e. The number of hydrogen-bond donors (Lipinski definition) is 0. The fourth-order valence-electron chi connectivity index (χ4n) is 1.62.